The van der Waals surface area contributed by atoms with E-state index in [-0.39, 0.29) is 34.7 Å². The molecule has 2 aromatic carbocycles. The first-order valence-electron chi connectivity index (χ1n) is 7.99. The zero-order valence-electron chi connectivity index (χ0n) is 15.2. The van der Waals surface area contributed by atoms with Gasteiger partial charge in [-0.2, -0.15) is 18.3 Å². The van der Waals surface area contributed by atoms with E-state index in [2.05, 4.69) is 11.7 Å². The molecule has 0 aromatic heterocycles. The maximum absolute atomic E-state index is 13.9. The molecule has 29 heavy (non-hydrogen) atoms. The molecular weight excluding hydrogens is 414 g/mol. The Morgan fingerprint density at radius 2 is 1.86 bits per heavy atom. The number of allylic oxidation sites excluding steroid dienone is 1. The third-order valence-electron chi connectivity index (χ3n) is 3.67. The van der Waals surface area contributed by atoms with Gasteiger partial charge in [-0.25, -0.2) is 14.5 Å². The van der Waals surface area contributed by atoms with Crippen LogP contribution in [0.25, 0.3) is 0 Å². The van der Waals surface area contributed by atoms with Gasteiger partial charge in [0.15, 0.2) is 11.6 Å². The lowest BCUT2D eigenvalue weighted by molar-refractivity contribution is -0.0537. The highest BCUT2D eigenvalue weighted by Crippen LogP contribution is 2.40. The van der Waals surface area contributed by atoms with Gasteiger partial charge in [0.1, 0.15) is 6.21 Å². The molecule has 0 spiro atoms. The van der Waals surface area contributed by atoms with E-state index in [0.717, 1.165) is 5.01 Å². The molecule has 0 bridgehead atoms. The van der Waals surface area contributed by atoms with Crippen molar-refractivity contribution in [3.8, 4) is 5.75 Å². The number of hydrazone groups is 1. The van der Waals surface area contributed by atoms with Gasteiger partial charge in [0, 0.05) is 12.1 Å². The maximum Gasteiger partial charge on any atom is 0.428 e. The van der Waals surface area contributed by atoms with Gasteiger partial charge < -0.3 is 4.74 Å². The number of nitrogens with zero attached hydrogens (tertiary/aromatic N) is 2. The molecule has 2 aromatic rings. The van der Waals surface area contributed by atoms with Gasteiger partial charge in [-0.15, -0.1) is 10.8 Å². The lowest BCUT2D eigenvalue weighted by atomic mass is 10.1. The quantitative estimate of drug-likeness (QED) is 0.327. The van der Waals surface area contributed by atoms with Crippen LogP contribution in [0.4, 0.5) is 23.2 Å². The van der Waals surface area contributed by atoms with Crippen LogP contribution in [-0.4, -0.2) is 28.6 Å². The van der Waals surface area contributed by atoms with E-state index < -0.39 is 22.8 Å². The van der Waals surface area contributed by atoms with Crippen LogP contribution in [-0.2, 0) is 6.42 Å². The van der Waals surface area contributed by atoms with Crippen LogP contribution in [0, 0.1) is 5.82 Å². The summed E-state index contributed by atoms with van der Waals surface area (Å²) in [5.74, 6) is -0.594. The van der Waals surface area contributed by atoms with Gasteiger partial charge in [0.2, 0.25) is 0 Å². The van der Waals surface area contributed by atoms with Crippen LogP contribution in [0.15, 0.2) is 64.7 Å². The molecule has 0 radical (unpaired) electrons. The summed E-state index contributed by atoms with van der Waals surface area (Å²) in [4.78, 5) is 0.00355. The molecule has 0 aliphatic heterocycles. The molecule has 11 heteroatoms. The monoisotopic (exact) mass is 433 g/mol. The molecule has 0 saturated carbocycles. The van der Waals surface area contributed by atoms with Crippen molar-refractivity contribution in [2.24, 2.45) is 10.2 Å². The van der Waals surface area contributed by atoms with Crippen LogP contribution < -0.4 is 14.9 Å². The van der Waals surface area contributed by atoms with Crippen molar-refractivity contribution in [3.63, 3.8) is 0 Å². The van der Waals surface area contributed by atoms with E-state index in [1.165, 1.54) is 43.5 Å². The average molecular weight is 433 g/mol. The molecular formula is C18H19F4N3O3S. The Balaban J connectivity index is 2.33. The van der Waals surface area contributed by atoms with Crippen LogP contribution >= 0.6 is 10.8 Å². The van der Waals surface area contributed by atoms with Crippen molar-refractivity contribution in [1.29, 1.82) is 0 Å². The number of hydrogen-bond donors (Lipinski definition) is 3. The summed E-state index contributed by atoms with van der Waals surface area (Å²) in [5, 5.41) is 9.58. The molecule has 0 heterocycles. The number of alkyl halides is 3. The van der Waals surface area contributed by atoms with E-state index in [1.54, 1.807) is 6.07 Å². The van der Waals surface area contributed by atoms with E-state index in [1.807, 2.05) is 0 Å². The molecule has 4 N–H and O–H groups in total. The summed E-state index contributed by atoms with van der Waals surface area (Å²) in [5.41, 5.74) is 0.715. The van der Waals surface area contributed by atoms with E-state index in [4.69, 9.17) is 9.88 Å². The smallest absolute Gasteiger partial charge is 0.428 e. The van der Waals surface area contributed by atoms with Crippen molar-refractivity contribution >= 4 is 22.7 Å². The van der Waals surface area contributed by atoms with Gasteiger partial charge in [0.05, 0.1) is 17.7 Å². The second-order valence-corrected chi connectivity index (χ2v) is 7.55. The molecule has 0 aliphatic carbocycles. The summed E-state index contributed by atoms with van der Waals surface area (Å²) < 4.78 is 75.5. The zero-order valence-corrected chi connectivity index (χ0v) is 16.0. The van der Waals surface area contributed by atoms with Crippen molar-refractivity contribution in [2.75, 3.05) is 12.1 Å². The third-order valence-corrected chi connectivity index (χ3v) is 4.64. The minimum Gasteiger partial charge on any atom is -0.494 e. The lowest BCUT2D eigenvalue weighted by Gasteiger charge is -2.27. The van der Waals surface area contributed by atoms with Crippen LogP contribution in [0.3, 0.4) is 0 Å². The van der Waals surface area contributed by atoms with E-state index in [0.29, 0.717) is 5.56 Å². The lowest BCUT2D eigenvalue weighted by Crippen LogP contribution is -2.20. The minimum absolute atomic E-state index is 0.00355. The summed E-state index contributed by atoms with van der Waals surface area (Å²) in [6.45, 7) is 3.74. The number of anilines is 1. The molecule has 0 unspecified atom stereocenters. The normalized spacial score (nSPS) is 12.8. The minimum atomic E-state index is -4.67. The number of halogens is 4. The number of benzene rings is 2. The standard InChI is InChI=1S/C18H19F4N3O3S/c1-12(9-13-3-8-17(28-2)16(19)10-13)25(24-11-18(20,21)22)14-4-6-15(7-5-14)29(23,26)27/h3-8,10-11,26-27H,1,9,23H2,2H3/b24-11+. The second kappa shape index (κ2) is 8.82. The van der Waals surface area contributed by atoms with Crippen molar-refractivity contribution in [2.45, 2.75) is 17.5 Å². The molecule has 0 saturated heterocycles. The van der Waals surface area contributed by atoms with Gasteiger partial charge in [-0.05, 0) is 42.0 Å². The number of methoxy groups -OCH3 is 1. The number of hydrogen-bond acceptors (Lipinski definition) is 6. The largest absolute Gasteiger partial charge is 0.494 e. The van der Waals surface area contributed by atoms with Crippen LogP contribution in [0.5, 0.6) is 5.75 Å². The Hall–Kier alpha value is -2.60. The Kier molecular flexibility index (Phi) is 6.90. The Labute approximate surface area is 166 Å². The topological polar surface area (TPSA) is 91.3 Å². The number of nitrogens with two attached hydrogens (primary N) is 1. The predicted octanol–water partition coefficient (Wildman–Crippen LogP) is 4.93. The van der Waals surface area contributed by atoms with Gasteiger partial charge >= 0.3 is 6.18 Å². The van der Waals surface area contributed by atoms with Gasteiger partial charge in [-0.1, -0.05) is 12.6 Å². The van der Waals surface area contributed by atoms with Crippen LogP contribution in [0.1, 0.15) is 5.56 Å². The number of ether oxygens (including phenoxy) is 1. The van der Waals surface area contributed by atoms with E-state index >= 15 is 0 Å². The number of rotatable bonds is 7. The zero-order chi connectivity index (χ0) is 21.8. The van der Waals surface area contributed by atoms with Crippen molar-refractivity contribution < 1.29 is 31.4 Å². The molecule has 0 atom stereocenters. The van der Waals surface area contributed by atoms with Crippen molar-refractivity contribution in [3.05, 3.63) is 66.1 Å². The maximum atomic E-state index is 13.9. The highest BCUT2D eigenvalue weighted by atomic mass is 32.3. The molecule has 158 valence electrons. The molecule has 2 rings (SSSR count). The Morgan fingerprint density at radius 1 is 1.24 bits per heavy atom. The Bertz CT molecular complexity index is 897. The predicted molar refractivity (Wildman–Crippen MR) is 105 cm³/mol. The average Bonchev–Trinajstić information content (AvgIpc) is 2.61. The third kappa shape index (κ3) is 6.46. The highest BCUT2D eigenvalue weighted by Gasteiger charge is 2.25. The first-order valence-corrected chi connectivity index (χ1v) is 9.60. The first kappa shape index (κ1) is 22.7. The fourth-order valence-electron chi connectivity index (χ4n) is 2.37. The van der Waals surface area contributed by atoms with Gasteiger partial charge in [0.25, 0.3) is 0 Å². The van der Waals surface area contributed by atoms with E-state index in [9.17, 15) is 26.7 Å². The fourth-order valence-corrected chi connectivity index (χ4v) is 2.91. The molecule has 0 amide bonds. The summed E-state index contributed by atoms with van der Waals surface area (Å²) in [7, 11) is -2.16. The Morgan fingerprint density at radius 3 is 2.34 bits per heavy atom. The summed E-state index contributed by atoms with van der Waals surface area (Å²) in [6, 6.07) is 9.24. The SMILES string of the molecule is C=C(Cc1ccc(OC)c(F)c1)N(/N=C/C(F)(F)F)c1ccc(S(N)(O)O)cc1. The van der Waals surface area contributed by atoms with Crippen molar-refractivity contribution in [1.82, 2.24) is 0 Å². The first-order chi connectivity index (χ1) is 13.4. The second-order valence-electron chi connectivity index (χ2n) is 5.90. The molecule has 0 fully saturated rings. The summed E-state index contributed by atoms with van der Waals surface area (Å²) >= 11 is 0. The van der Waals surface area contributed by atoms with Gasteiger partial charge in [-0.3, -0.25) is 9.11 Å². The molecule has 6 nitrogen and oxygen atoms in total. The summed E-state index contributed by atoms with van der Waals surface area (Å²) in [6.07, 6.45) is -4.89. The fraction of sp³-hybridized carbons (Fsp3) is 0.167. The molecule has 0 aliphatic rings. The van der Waals surface area contributed by atoms with Crippen LogP contribution in [0.2, 0.25) is 0 Å². The highest BCUT2D eigenvalue weighted by molar-refractivity contribution is 8.22.